The van der Waals surface area contributed by atoms with Crippen LogP contribution in [0.5, 0.6) is 0 Å². The Balaban J connectivity index is 2.01. The fourth-order valence-corrected chi connectivity index (χ4v) is 1.94. The third kappa shape index (κ3) is 3.08. The molecule has 0 aromatic heterocycles. The van der Waals surface area contributed by atoms with E-state index < -0.39 is 11.7 Å². The van der Waals surface area contributed by atoms with Crippen LogP contribution >= 0.6 is 11.6 Å². The van der Waals surface area contributed by atoms with Gasteiger partial charge in [-0.15, -0.1) is 0 Å². The van der Waals surface area contributed by atoms with Crippen LogP contribution in [0, 0.1) is 5.82 Å². The maximum absolute atomic E-state index is 12.8. The van der Waals surface area contributed by atoms with E-state index in [4.69, 9.17) is 11.6 Å². The van der Waals surface area contributed by atoms with Gasteiger partial charge in [0.25, 0.3) is 0 Å². The first-order chi connectivity index (χ1) is 8.97. The topological polar surface area (TPSA) is 66.5 Å². The molecule has 1 saturated heterocycles. The van der Waals surface area contributed by atoms with Crippen molar-refractivity contribution in [1.82, 2.24) is 4.90 Å². The van der Waals surface area contributed by atoms with Gasteiger partial charge in [-0.3, -0.25) is 19.3 Å². The highest BCUT2D eigenvalue weighted by atomic mass is 35.5. The van der Waals surface area contributed by atoms with E-state index >= 15 is 0 Å². The van der Waals surface area contributed by atoms with Crippen LogP contribution in [0.2, 0.25) is 5.02 Å². The molecule has 1 aromatic rings. The predicted molar refractivity (Wildman–Crippen MR) is 66.0 cm³/mol. The summed E-state index contributed by atoms with van der Waals surface area (Å²) < 4.78 is 12.8. The predicted octanol–water partition coefficient (Wildman–Crippen LogP) is 1.57. The van der Waals surface area contributed by atoms with Crippen LogP contribution < -0.4 is 5.32 Å². The van der Waals surface area contributed by atoms with Gasteiger partial charge in [0.15, 0.2) is 0 Å². The highest BCUT2D eigenvalue weighted by molar-refractivity contribution is 6.33. The average molecular weight is 285 g/mol. The van der Waals surface area contributed by atoms with E-state index in [1.165, 1.54) is 6.07 Å². The van der Waals surface area contributed by atoms with Gasteiger partial charge >= 0.3 is 0 Å². The second-order valence-electron chi connectivity index (χ2n) is 4.05. The van der Waals surface area contributed by atoms with Crippen molar-refractivity contribution >= 4 is 35.0 Å². The third-order valence-corrected chi connectivity index (χ3v) is 2.97. The number of hydrogen-bond donors (Lipinski definition) is 1. The van der Waals surface area contributed by atoms with Gasteiger partial charge in [0.05, 0.1) is 10.7 Å². The first kappa shape index (κ1) is 13.5. The Hall–Kier alpha value is -1.95. The Morgan fingerprint density at radius 3 is 2.53 bits per heavy atom. The number of halogens is 2. The molecular formula is C12H10ClFN2O3. The Morgan fingerprint density at radius 1 is 1.32 bits per heavy atom. The summed E-state index contributed by atoms with van der Waals surface area (Å²) in [6.45, 7) is -0.356. The van der Waals surface area contributed by atoms with E-state index in [0.29, 0.717) is 0 Å². The molecule has 19 heavy (non-hydrogen) atoms. The zero-order valence-corrected chi connectivity index (χ0v) is 10.5. The van der Waals surface area contributed by atoms with Crippen molar-refractivity contribution in [1.29, 1.82) is 0 Å². The number of imide groups is 1. The number of amides is 3. The van der Waals surface area contributed by atoms with Crippen molar-refractivity contribution in [2.24, 2.45) is 0 Å². The van der Waals surface area contributed by atoms with Gasteiger partial charge in [0.2, 0.25) is 17.7 Å². The first-order valence-corrected chi connectivity index (χ1v) is 5.93. The second-order valence-corrected chi connectivity index (χ2v) is 4.45. The number of carbonyl (C=O) groups excluding carboxylic acids is 3. The van der Waals surface area contributed by atoms with Gasteiger partial charge in [-0.1, -0.05) is 11.6 Å². The van der Waals surface area contributed by atoms with Gasteiger partial charge in [-0.2, -0.15) is 0 Å². The third-order valence-electron chi connectivity index (χ3n) is 2.66. The van der Waals surface area contributed by atoms with E-state index in [9.17, 15) is 18.8 Å². The van der Waals surface area contributed by atoms with Crippen molar-refractivity contribution in [3.8, 4) is 0 Å². The van der Waals surface area contributed by atoms with Crippen LogP contribution in [0.4, 0.5) is 10.1 Å². The Labute approximate surface area is 113 Å². The quantitative estimate of drug-likeness (QED) is 0.857. The highest BCUT2D eigenvalue weighted by Gasteiger charge is 2.30. The SMILES string of the molecule is O=C(CN1C(=O)CCC1=O)Nc1ccc(F)cc1Cl. The number of hydrogen-bond acceptors (Lipinski definition) is 3. The lowest BCUT2D eigenvalue weighted by Crippen LogP contribution is -2.36. The fraction of sp³-hybridized carbons (Fsp3) is 0.250. The number of nitrogens with one attached hydrogen (secondary N) is 1. The molecule has 3 amide bonds. The van der Waals surface area contributed by atoms with Crippen LogP contribution in [0.3, 0.4) is 0 Å². The number of nitrogens with zero attached hydrogens (tertiary/aromatic N) is 1. The molecule has 1 N–H and O–H groups in total. The molecule has 0 spiro atoms. The van der Waals surface area contributed by atoms with Gasteiger partial charge in [-0.05, 0) is 18.2 Å². The molecule has 1 aliphatic heterocycles. The van der Waals surface area contributed by atoms with Gasteiger partial charge in [0, 0.05) is 12.8 Å². The smallest absolute Gasteiger partial charge is 0.244 e. The zero-order chi connectivity index (χ0) is 14.0. The molecular weight excluding hydrogens is 275 g/mol. The van der Waals surface area contributed by atoms with Gasteiger partial charge in [0.1, 0.15) is 12.4 Å². The van der Waals surface area contributed by atoms with Crippen LogP contribution in [0.15, 0.2) is 18.2 Å². The van der Waals surface area contributed by atoms with Gasteiger partial charge < -0.3 is 5.32 Å². The lowest BCUT2D eigenvalue weighted by Gasteiger charge is -2.13. The molecule has 1 aliphatic rings. The molecule has 0 bridgehead atoms. The number of likely N-dealkylation sites (tertiary alicyclic amines) is 1. The Morgan fingerprint density at radius 2 is 1.95 bits per heavy atom. The lowest BCUT2D eigenvalue weighted by atomic mass is 10.3. The summed E-state index contributed by atoms with van der Waals surface area (Å²) in [4.78, 5) is 35.2. The molecule has 0 aliphatic carbocycles. The van der Waals surface area contributed by atoms with Crippen molar-refractivity contribution in [2.45, 2.75) is 12.8 Å². The van der Waals surface area contributed by atoms with Crippen LogP contribution in [-0.4, -0.2) is 29.2 Å². The number of anilines is 1. The molecule has 1 fully saturated rings. The summed E-state index contributed by atoms with van der Waals surface area (Å²) in [5, 5.41) is 2.47. The monoisotopic (exact) mass is 284 g/mol. The minimum Gasteiger partial charge on any atom is -0.323 e. The van der Waals surface area contributed by atoms with Crippen molar-refractivity contribution in [3.63, 3.8) is 0 Å². The van der Waals surface area contributed by atoms with Crippen molar-refractivity contribution in [2.75, 3.05) is 11.9 Å². The summed E-state index contributed by atoms with van der Waals surface area (Å²) >= 11 is 5.75. The molecule has 1 aromatic carbocycles. The molecule has 2 rings (SSSR count). The standard InChI is InChI=1S/C12H10ClFN2O3/c13-8-5-7(14)1-2-9(8)15-10(17)6-16-11(18)3-4-12(16)19/h1-2,5H,3-4,6H2,(H,15,17). The van der Waals surface area contributed by atoms with E-state index in [1.807, 2.05) is 0 Å². The number of benzene rings is 1. The van der Waals surface area contributed by atoms with Crippen LogP contribution in [0.25, 0.3) is 0 Å². The molecule has 0 saturated carbocycles. The minimum atomic E-state index is -0.558. The second kappa shape index (κ2) is 5.36. The van der Waals surface area contributed by atoms with Gasteiger partial charge in [-0.25, -0.2) is 4.39 Å². The Bertz CT molecular complexity index is 546. The van der Waals surface area contributed by atoms with Crippen LogP contribution in [0.1, 0.15) is 12.8 Å². The molecule has 0 atom stereocenters. The summed E-state index contributed by atoms with van der Waals surface area (Å²) in [5.74, 6) is -1.82. The molecule has 0 radical (unpaired) electrons. The molecule has 100 valence electrons. The highest BCUT2D eigenvalue weighted by Crippen LogP contribution is 2.22. The molecule has 1 heterocycles. The van der Waals surface area contributed by atoms with E-state index in [1.54, 1.807) is 0 Å². The fourth-order valence-electron chi connectivity index (χ4n) is 1.72. The molecule has 7 heteroatoms. The van der Waals surface area contributed by atoms with E-state index in [-0.39, 0.29) is 41.9 Å². The maximum Gasteiger partial charge on any atom is 0.244 e. The van der Waals surface area contributed by atoms with Crippen LogP contribution in [-0.2, 0) is 14.4 Å². The average Bonchev–Trinajstić information content (AvgIpc) is 2.65. The van der Waals surface area contributed by atoms with Crippen molar-refractivity contribution in [3.05, 3.63) is 29.0 Å². The van der Waals surface area contributed by atoms with Crippen molar-refractivity contribution < 1.29 is 18.8 Å². The summed E-state index contributed by atoms with van der Waals surface area (Å²) in [6, 6.07) is 3.51. The number of carbonyl (C=O) groups is 3. The van der Waals surface area contributed by atoms with E-state index in [2.05, 4.69) is 5.32 Å². The minimum absolute atomic E-state index is 0.0485. The summed E-state index contributed by atoms with van der Waals surface area (Å²) in [5.41, 5.74) is 0.229. The normalized spacial score (nSPS) is 14.9. The maximum atomic E-state index is 12.8. The van der Waals surface area contributed by atoms with E-state index in [0.717, 1.165) is 17.0 Å². The Kier molecular flexibility index (Phi) is 3.80. The summed E-state index contributed by atoms with van der Waals surface area (Å²) in [6.07, 6.45) is 0.257. The summed E-state index contributed by atoms with van der Waals surface area (Å²) in [7, 11) is 0. The number of rotatable bonds is 3. The lowest BCUT2D eigenvalue weighted by molar-refractivity contribution is -0.141. The first-order valence-electron chi connectivity index (χ1n) is 5.55. The zero-order valence-electron chi connectivity index (χ0n) is 9.78. The molecule has 0 unspecified atom stereocenters. The molecule has 5 nitrogen and oxygen atoms in total. The largest absolute Gasteiger partial charge is 0.323 e.